The van der Waals surface area contributed by atoms with E-state index in [-0.39, 0.29) is 6.04 Å². The van der Waals surface area contributed by atoms with Crippen LogP contribution in [0.5, 0.6) is 0 Å². The molecule has 3 aromatic rings. The molecule has 0 saturated carbocycles. The second kappa shape index (κ2) is 5.19. The highest BCUT2D eigenvalue weighted by molar-refractivity contribution is 9.10. The van der Waals surface area contributed by atoms with Gasteiger partial charge in [-0.2, -0.15) is 0 Å². The lowest BCUT2D eigenvalue weighted by atomic mass is 9.95. The number of hydrogen-bond acceptors (Lipinski definition) is 2. The van der Waals surface area contributed by atoms with E-state index in [0.717, 1.165) is 10.0 Å². The third-order valence-corrected chi connectivity index (χ3v) is 4.07. The van der Waals surface area contributed by atoms with Crippen LogP contribution in [0.1, 0.15) is 17.2 Å². The smallest absolute Gasteiger partial charge is 0.0953 e. The summed E-state index contributed by atoms with van der Waals surface area (Å²) < 4.78 is 6.32. The monoisotopic (exact) mass is 315 g/mol. The topological polar surface area (TPSA) is 25.2 Å². The maximum atomic E-state index is 5.21. The first kappa shape index (κ1) is 12.5. The van der Waals surface area contributed by atoms with E-state index in [1.54, 1.807) is 12.5 Å². The number of halogens is 1. The SMILES string of the molecule is CNC(c1ccoc1)c1ccc(Br)c2ccccc12. The summed E-state index contributed by atoms with van der Waals surface area (Å²) in [6.45, 7) is 0. The van der Waals surface area contributed by atoms with Gasteiger partial charge in [-0.3, -0.25) is 0 Å². The van der Waals surface area contributed by atoms with Crippen LogP contribution in [0, 0.1) is 0 Å². The highest BCUT2D eigenvalue weighted by atomic mass is 79.9. The van der Waals surface area contributed by atoms with Crippen molar-refractivity contribution in [2.24, 2.45) is 0 Å². The van der Waals surface area contributed by atoms with Gasteiger partial charge in [-0.1, -0.05) is 46.3 Å². The fourth-order valence-electron chi connectivity index (χ4n) is 2.48. The second-order valence-electron chi connectivity index (χ2n) is 4.46. The number of fused-ring (bicyclic) bond motifs is 1. The highest BCUT2D eigenvalue weighted by Crippen LogP contribution is 2.32. The van der Waals surface area contributed by atoms with Gasteiger partial charge in [0, 0.05) is 10.0 Å². The first-order chi connectivity index (χ1) is 9.31. The Bertz CT molecular complexity index is 691. The van der Waals surface area contributed by atoms with Crippen LogP contribution in [0.15, 0.2) is 63.9 Å². The molecule has 2 aromatic carbocycles. The summed E-state index contributed by atoms with van der Waals surface area (Å²) in [4.78, 5) is 0. The zero-order valence-corrected chi connectivity index (χ0v) is 12.1. The second-order valence-corrected chi connectivity index (χ2v) is 5.31. The van der Waals surface area contributed by atoms with Gasteiger partial charge in [0.2, 0.25) is 0 Å². The lowest BCUT2D eigenvalue weighted by molar-refractivity contribution is 0.557. The number of furan rings is 1. The van der Waals surface area contributed by atoms with Gasteiger partial charge >= 0.3 is 0 Å². The van der Waals surface area contributed by atoms with E-state index in [2.05, 4.69) is 57.6 Å². The quantitative estimate of drug-likeness (QED) is 0.769. The molecule has 0 saturated heterocycles. The van der Waals surface area contributed by atoms with Gasteiger partial charge in [0.1, 0.15) is 0 Å². The van der Waals surface area contributed by atoms with E-state index in [1.807, 2.05) is 13.1 Å². The van der Waals surface area contributed by atoms with Gasteiger partial charge in [-0.25, -0.2) is 0 Å². The highest BCUT2D eigenvalue weighted by Gasteiger charge is 2.16. The fraction of sp³-hybridized carbons (Fsp3) is 0.125. The van der Waals surface area contributed by atoms with Crippen molar-refractivity contribution in [3.8, 4) is 0 Å². The molecule has 0 spiro atoms. The van der Waals surface area contributed by atoms with Crippen LogP contribution in [0.4, 0.5) is 0 Å². The van der Waals surface area contributed by atoms with Crippen LogP contribution in [-0.2, 0) is 0 Å². The maximum absolute atomic E-state index is 5.21. The van der Waals surface area contributed by atoms with Gasteiger partial charge in [0.25, 0.3) is 0 Å². The summed E-state index contributed by atoms with van der Waals surface area (Å²) in [6.07, 6.45) is 3.50. The summed E-state index contributed by atoms with van der Waals surface area (Å²) in [7, 11) is 1.97. The van der Waals surface area contributed by atoms with Crippen molar-refractivity contribution in [2.45, 2.75) is 6.04 Å². The van der Waals surface area contributed by atoms with E-state index in [0.29, 0.717) is 0 Å². The largest absolute Gasteiger partial charge is 0.472 e. The van der Waals surface area contributed by atoms with Crippen LogP contribution in [-0.4, -0.2) is 7.05 Å². The molecule has 1 aromatic heterocycles. The van der Waals surface area contributed by atoms with Gasteiger partial charge in [0.15, 0.2) is 0 Å². The van der Waals surface area contributed by atoms with Crippen LogP contribution < -0.4 is 5.32 Å². The number of rotatable bonds is 3. The molecule has 0 amide bonds. The van der Waals surface area contributed by atoms with Crippen molar-refractivity contribution in [1.29, 1.82) is 0 Å². The normalized spacial score (nSPS) is 12.7. The standard InChI is InChI=1S/C16H14BrNO/c1-18-16(11-8-9-19-10-11)14-6-7-15(17)13-5-3-2-4-12(13)14/h2-10,16,18H,1H3. The van der Waals surface area contributed by atoms with E-state index in [1.165, 1.54) is 16.3 Å². The molecule has 1 unspecified atom stereocenters. The van der Waals surface area contributed by atoms with Gasteiger partial charge in [-0.05, 0) is 35.5 Å². The van der Waals surface area contributed by atoms with Crippen molar-refractivity contribution in [2.75, 3.05) is 7.05 Å². The number of benzene rings is 2. The molecular formula is C16H14BrNO. The molecular weight excluding hydrogens is 302 g/mol. The van der Waals surface area contributed by atoms with Crippen LogP contribution >= 0.6 is 15.9 Å². The Morgan fingerprint density at radius 3 is 2.53 bits per heavy atom. The Morgan fingerprint density at radius 1 is 1.05 bits per heavy atom. The number of nitrogens with one attached hydrogen (secondary N) is 1. The molecule has 1 atom stereocenters. The lowest BCUT2D eigenvalue weighted by Crippen LogP contribution is -2.17. The Hall–Kier alpha value is -1.58. The Kier molecular flexibility index (Phi) is 3.40. The predicted octanol–water partition coefficient (Wildman–Crippen LogP) is 4.50. The molecule has 2 nitrogen and oxygen atoms in total. The molecule has 0 aliphatic carbocycles. The zero-order chi connectivity index (χ0) is 13.2. The Balaban J connectivity index is 2.22. The molecule has 0 bridgehead atoms. The van der Waals surface area contributed by atoms with Crippen molar-refractivity contribution in [1.82, 2.24) is 5.32 Å². The molecule has 0 aliphatic rings. The van der Waals surface area contributed by atoms with E-state index < -0.39 is 0 Å². The average molecular weight is 316 g/mol. The van der Waals surface area contributed by atoms with Crippen LogP contribution in [0.25, 0.3) is 10.8 Å². The lowest BCUT2D eigenvalue weighted by Gasteiger charge is -2.18. The third-order valence-electron chi connectivity index (χ3n) is 3.38. The summed E-state index contributed by atoms with van der Waals surface area (Å²) >= 11 is 3.61. The van der Waals surface area contributed by atoms with E-state index >= 15 is 0 Å². The fourth-order valence-corrected chi connectivity index (χ4v) is 2.96. The molecule has 96 valence electrons. The van der Waals surface area contributed by atoms with Crippen molar-refractivity contribution in [3.05, 3.63) is 70.6 Å². The molecule has 1 N–H and O–H groups in total. The molecule has 3 rings (SSSR count). The van der Waals surface area contributed by atoms with Crippen molar-refractivity contribution in [3.63, 3.8) is 0 Å². The van der Waals surface area contributed by atoms with Gasteiger partial charge < -0.3 is 9.73 Å². The van der Waals surface area contributed by atoms with Gasteiger partial charge in [0.05, 0.1) is 18.6 Å². The molecule has 0 radical (unpaired) electrons. The van der Waals surface area contributed by atoms with Crippen molar-refractivity contribution >= 4 is 26.7 Å². The molecule has 1 heterocycles. The van der Waals surface area contributed by atoms with Gasteiger partial charge in [-0.15, -0.1) is 0 Å². The zero-order valence-electron chi connectivity index (χ0n) is 10.6. The summed E-state index contributed by atoms with van der Waals surface area (Å²) in [5, 5.41) is 5.83. The third kappa shape index (κ3) is 2.20. The summed E-state index contributed by atoms with van der Waals surface area (Å²) in [5.74, 6) is 0. The van der Waals surface area contributed by atoms with Crippen LogP contribution in [0.3, 0.4) is 0 Å². The van der Waals surface area contributed by atoms with Crippen molar-refractivity contribution < 1.29 is 4.42 Å². The minimum Gasteiger partial charge on any atom is -0.472 e. The Morgan fingerprint density at radius 2 is 1.84 bits per heavy atom. The predicted molar refractivity (Wildman–Crippen MR) is 81.3 cm³/mol. The first-order valence-electron chi connectivity index (χ1n) is 6.18. The minimum absolute atomic E-state index is 0.136. The van der Waals surface area contributed by atoms with Crippen LogP contribution in [0.2, 0.25) is 0 Å². The summed E-state index contributed by atoms with van der Waals surface area (Å²) in [5.41, 5.74) is 2.39. The van der Waals surface area contributed by atoms with E-state index in [9.17, 15) is 0 Å². The number of hydrogen-bond donors (Lipinski definition) is 1. The molecule has 19 heavy (non-hydrogen) atoms. The Labute approximate surface area is 120 Å². The first-order valence-corrected chi connectivity index (χ1v) is 6.97. The van der Waals surface area contributed by atoms with E-state index in [4.69, 9.17) is 4.42 Å². The average Bonchev–Trinajstić information content (AvgIpc) is 2.96. The molecule has 3 heteroatoms. The maximum Gasteiger partial charge on any atom is 0.0953 e. The summed E-state index contributed by atoms with van der Waals surface area (Å²) in [6, 6.07) is 14.8. The molecule has 0 fully saturated rings. The minimum atomic E-state index is 0.136. The molecule has 0 aliphatic heterocycles.